The van der Waals surface area contributed by atoms with Crippen LogP contribution in [-0.4, -0.2) is 28.1 Å². The number of ketones is 1. The lowest BCUT2D eigenvalue weighted by molar-refractivity contribution is 0.0669. The monoisotopic (exact) mass is 397 g/mol. The number of Topliss-reactive ketones (excluding diaryl/α,β-unsaturated/α-hetero) is 1. The summed E-state index contributed by atoms with van der Waals surface area (Å²) in [6.45, 7) is 0. The lowest BCUT2D eigenvalue weighted by Crippen LogP contribution is -2.43. The molecule has 1 fully saturated rings. The number of anilines is 1. The number of benzene rings is 1. The smallest absolute Gasteiger partial charge is 0.302 e. The fourth-order valence-corrected chi connectivity index (χ4v) is 3.06. The number of nitrogens with one attached hydrogen (secondary N) is 2. The number of hydrogen-bond acceptors (Lipinski definition) is 6. The number of nitrogen functional groups attached to an aromatic ring is 1. The summed E-state index contributed by atoms with van der Waals surface area (Å²) in [5.41, 5.74) is -0.436. The molecule has 1 heterocycles. The number of hydrazine groups is 1. The third-order valence-electron chi connectivity index (χ3n) is 4.60. The Morgan fingerprint density at radius 1 is 1.21 bits per heavy atom. The Morgan fingerprint density at radius 3 is 2.46 bits per heavy atom. The molecule has 0 bridgehead atoms. The quantitative estimate of drug-likeness (QED) is 0.227. The molecule has 7 nitrogen and oxygen atoms in total. The molecule has 0 aliphatic heterocycles. The van der Waals surface area contributed by atoms with Gasteiger partial charge in [-0.05, 0) is 25.3 Å². The zero-order valence-electron chi connectivity index (χ0n) is 14.3. The van der Waals surface area contributed by atoms with E-state index in [4.69, 9.17) is 5.84 Å². The van der Waals surface area contributed by atoms with E-state index in [-0.39, 0.29) is 11.5 Å². The third kappa shape index (κ3) is 3.52. The van der Waals surface area contributed by atoms with Crippen LogP contribution in [0, 0.1) is 11.6 Å². The molecule has 0 atom stereocenters. The van der Waals surface area contributed by atoms with Crippen LogP contribution < -0.4 is 16.6 Å². The van der Waals surface area contributed by atoms with Crippen molar-refractivity contribution in [3.05, 3.63) is 52.9 Å². The number of hydrogen-bond donors (Lipinski definition) is 3. The Labute approximate surface area is 156 Å². The molecule has 1 aromatic heterocycles. The first-order chi connectivity index (χ1) is 13.3. The summed E-state index contributed by atoms with van der Waals surface area (Å²) in [5, 5.41) is 2.84. The van der Waals surface area contributed by atoms with Crippen molar-refractivity contribution in [3.8, 4) is 0 Å². The Morgan fingerprint density at radius 2 is 1.93 bits per heavy atom. The minimum absolute atomic E-state index is 0.161. The van der Waals surface area contributed by atoms with Gasteiger partial charge in [-0.2, -0.15) is 0 Å². The highest BCUT2D eigenvalue weighted by molar-refractivity contribution is 6.07. The zero-order valence-corrected chi connectivity index (χ0v) is 14.3. The number of carbonyl (C=O) groups is 2. The van der Waals surface area contributed by atoms with Crippen LogP contribution in [0.15, 0.2) is 24.4 Å². The normalized spacial score (nSPS) is 15.1. The second kappa shape index (κ2) is 7.50. The molecule has 0 radical (unpaired) electrons. The highest BCUT2D eigenvalue weighted by Crippen LogP contribution is 2.44. The molecule has 0 saturated heterocycles. The van der Waals surface area contributed by atoms with Gasteiger partial charge in [-0.25, -0.2) is 33.4 Å². The van der Waals surface area contributed by atoms with Gasteiger partial charge >= 0.3 is 6.43 Å². The van der Waals surface area contributed by atoms with Gasteiger partial charge in [0.25, 0.3) is 5.91 Å². The molecular formula is C17H15F4N5O2. The van der Waals surface area contributed by atoms with Crippen molar-refractivity contribution in [3.63, 3.8) is 0 Å². The van der Waals surface area contributed by atoms with E-state index in [1.807, 2.05) is 0 Å². The number of alkyl halides is 2. The summed E-state index contributed by atoms with van der Waals surface area (Å²) in [5.74, 6) is 0.514. The summed E-state index contributed by atoms with van der Waals surface area (Å²) in [6.07, 6.45) is -0.912. The molecule has 0 spiro atoms. The van der Waals surface area contributed by atoms with E-state index >= 15 is 0 Å². The first kappa shape index (κ1) is 19.7. The predicted octanol–water partition coefficient (Wildman–Crippen LogP) is 2.30. The number of carbonyl (C=O) groups excluding carboxylic acids is 2. The highest BCUT2D eigenvalue weighted by atomic mass is 19.3. The first-order valence-corrected chi connectivity index (χ1v) is 8.21. The van der Waals surface area contributed by atoms with Crippen LogP contribution in [0.4, 0.5) is 23.5 Å². The summed E-state index contributed by atoms with van der Waals surface area (Å²) < 4.78 is 53.2. The lowest BCUT2D eigenvalue weighted by Gasteiger charge is -2.43. The summed E-state index contributed by atoms with van der Waals surface area (Å²) >= 11 is 0. The lowest BCUT2D eigenvalue weighted by atomic mass is 9.71. The van der Waals surface area contributed by atoms with E-state index in [1.165, 1.54) is 6.07 Å². The average Bonchev–Trinajstić information content (AvgIpc) is 2.63. The van der Waals surface area contributed by atoms with Crippen molar-refractivity contribution in [2.75, 3.05) is 5.32 Å². The Hall–Kier alpha value is -3.08. The molecular weight excluding hydrogens is 382 g/mol. The van der Waals surface area contributed by atoms with Gasteiger partial charge < -0.3 is 5.32 Å². The Balaban J connectivity index is 2.00. The van der Waals surface area contributed by atoms with E-state index in [1.54, 1.807) is 5.43 Å². The van der Waals surface area contributed by atoms with Crippen LogP contribution in [-0.2, 0) is 5.54 Å². The molecule has 148 valence electrons. The van der Waals surface area contributed by atoms with Crippen molar-refractivity contribution in [1.82, 2.24) is 15.4 Å². The van der Waals surface area contributed by atoms with Gasteiger partial charge in [0, 0.05) is 17.8 Å². The van der Waals surface area contributed by atoms with Gasteiger partial charge in [0.2, 0.25) is 11.7 Å². The molecule has 1 aliphatic carbocycles. The second-order valence-corrected chi connectivity index (χ2v) is 6.28. The van der Waals surface area contributed by atoms with Crippen LogP contribution in [0.5, 0.6) is 0 Å². The van der Waals surface area contributed by atoms with E-state index in [9.17, 15) is 27.2 Å². The van der Waals surface area contributed by atoms with Crippen LogP contribution in [0.25, 0.3) is 0 Å². The second-order valence-electron chi connectivity index (χ2n) is 6.28. The predicted molar refractivity (Wildman–Crippen MR) is 89.5 cm³/mol. The molecule has 1 saturated carbocycles. The van der Waals surface area contributed by atoms with E-state index in [0.717, 1.165) is 24.8 Å². The van der Waals surface area contributed by atoms with E-state index in [0.29, 0.717) is 12.8 Å². The number of nitrogens with two attached hydrogens (primary N) is 1. The van der Waals surface area contributed by atoms with Gasteiger partial charge in [-0.1, -0.05) is 6.07 Å². The standard InChI is InChI=1S/C17H15F4N5O2/c18-8-2-3-10(11(19)6-8)17(4-1-5-17)25-16-23-7-9(15(28)26-22)12(24-16)13(27)14(20)21/h2-3,6-7,14H,1,4-5,22H2,(H,26,28)(H,23,24,25). The number of nitrogens with zero attached hydrogens (tertiary/aromatic N) is 2. The maximum atomic E-state index is 14.3. The summed E-state index contributed by atoms with van der Waals surface area (Å²) in [7, 11) is 0. The number of aromatic nitrogens is 2. The Kier molecular flexibility index (Phi) is 5.27. The third-order valence-corrected chi connectivity index (χ3v) is 4.60. The number of amides is 1. The molecule has 0 unspecified atom stereocenters. The van der Waals surface area contributed by atoms with E-state index < -0.39 is 46.5 Å². The van der Waals surface area contributed by atoms with Gasteiger partial charge in [0.05, 0.1) is 11.1 Å². The molecule has 4 N–H and O–H groups in total. The van der Waals surface area contributed by atoms with Crippen LogP contribution >= 0.6 is 0 Å². The summed E-state index contributed by atoms with van der Waals surface area (Å²) in [4.78, 5) is 31.1. The van der Waals surface area contributed by atoms with Gasteiger partial charge in [-0.15, -0.1) is 0 Å². The maximum absolute atomic E-state index is 14.3. The minimum Gasteiger partial charge on any atom is -0.345 e. The topological polar surface area (TPSA) is 110 Å². The summed E-state index contributed by atoms with van der Waals surface area (Å²) in [6, 6.07) is 3.11. The number of rotatable bonds is 6. The van der Waals surface area contributed by atoms with Crippen LogP contribution in [0.1, 0.15) is 45.7 Å². The Bertz CT molecular complexity index is 934. The van der Waals surface area contributed by atoms with Crippen molar-refractivity contribution in [2.24, 2.45) is 5.84 Å². The minimum atomic E-state index is -3.40. The SMILES string of the molecule is NNC(=O)c1cnc(NC2(c3ccc(F)cc3F)CCC2)nc1C(=O)C(F)F. The van der Waals surface area contributed by atoms with Crippen molar-refractivity contribution >= 4 is 17.6 Å². The van der Waals surface area contributed by atoms with Crippen LogP contribution in [0.2, 0.25) is 0 Å². The first-order valence-electron chi connectivity index (χ1n) is 8.21. The fraction of sp³-hybridized carbons (Fsp3) is 0.294. The van der Waals surface area contributed by atoms with Crippen LogP contribution in [0.3, 0.4) is 0 Å². The maximum Gasteiger partial charge on any atom is 0.302 e. The van der Waals surface area contributed by atoms with Gasteiger partial charge in [0.1, 0.15) is 17.3 Å². The molecule has 11 heteroatoms. The highest BCUT2D eigenvalue weighted by Gasteiger charge is 2.41. The zero-order chi connectivity index (χ0) is 20.5. The largest absolute Gasteiger partial charge is 0.345 e. The van der Waals surface area contributed by atoms with Crippen molar-refractivity contribution < 1.29 is 27.2 Å². The molecule has 28 heavy (non-hydrogen) atoms. The van der Waals surface area contributed by atoms with Crippen molar-refractivity contribution in [2.45, 2.75) is 31.2 Å². The molecule has 2 aromatic rings. The molecule has 1 amide bonds. The van der Waals surface area contributed by atoms with Gasteiger partial charge in [0.15, 0.2) is 0 Å². The fourth-order valence-electron chi connectivity index (χ4n) is 3.06. The molecule has 3 rings (SSSR count). The van der Waals surface area contributed by atoms with Crippen molar-refractivity contribution in [1.29, 1.82) is 0 Å². The number of halogens is 4. The molecule has 1 aliphatic rings. The van der Waals surface area contributed by atoms with E-state index in [2.05, 4.69) is 15.3 Å². The van der Waals surface area contributed by atoms with Gasteiger partial charge in [-0.3, -0.25) is 15.0 Å². The molecule has 1 aromatic carbocycles. The average molecular weight is 397 g/mol.